The summed E-state index contributed by atoms with van der Waals surface area (Å²) in [5.41, 5.74) is -0.365. The van der Waals surface area contributed by atoms with Crippen molar-refractivity contribution in [2.45, 2.75) is 0 Å². The fraction of sp³-hybridized carbons (Fsp3) is 0. The summed E-state index contributed by atoms with van der Waals surface area (Å²) in [7, 11) is 0. The third-order valence-electron chi connectivity index (χ3n) is 2.24. The van der Waals surface area contributed by atoms with E-state index < -0.39 is 10.9 Å². The van der Waals surface area contributed by atoms with Crippen molar-refractivity contribution in [2.24, 2.45) is 0 Å². The van der Waals surface area contributed by atoms with Crippen molar-refractivity contribution in [1.29, 1.82) is 0 Å². The molecule has 8 nitrogen and oxygen atoms in total. The van der Waals surface area contributed by atoms with Crippen LogP contribution in [-0.4, -0.2) is 26.0 Å². The fourth-order valence-electron chi connectivity index (χ4n) is 1.35. The Kier molecular flexibility index (Phi) is 4.48. The minimum atomic E-state index is -1.22. The molecule has 1 aromatic carbocycles. The van der Waals surface area contributed by atoms with Gasteiger partial charge in [-0.3, -0.25) is 10.1 Å². The molecular formula is C11H5Br2N3O5. The van der Waals surface area contributed by atoms with Gasteiger partial charge in [-0.2, -0.15) is 4.98 Å². The largest absolute Gasteiger partial charge is 0.477 e. The summed E-state index contributed by atoms with van der Waals surface area (Å²) in [6.07, 6.45) is 1.24. The molecule has 0 aliphatic carbocycles. The third-order valence-corrected chi connectivity index (χ3v) is 3.42. The number of benzene rings is 1. The van der Waals surface area contributed by atoms with Crippen LogP contribution in [0.1, 0.15) is 10.5 Å². The Balaban J connectivity index is 2.38. The molecular weight excluding hydrogens is 414 g/mol. The van der Waals surface area contributed by atoms with Crippen LogP contribution in [0.5, 0.6) is 11.8 Å². The molecule has 0 spiro atoms. The average Bonchev–Trinajstić information content (AvgIpc) is 2.42. The lowest BCUT2D eigenvalue weighted by Gasteiger charge is -2.08. The number of carboxylic acids is 1. The second-order valence-corrected chi connectivity index (χ2v) is 5.34. The molecule has 0 amide bonds. The van der Waals surface area contributed by atoms with Crippen LogP contribution >= 0.6 is 31.9 Å². The number of ether oxygens (including phenoxy) is 1. The Bertz CT molecular complexity index is 715. The molecule has 0 bridgehead atoms. The smallest absolute Gasteiger partial charge is 0.354 e. The molecule has 108 valence electrons. The van der Waals surface area contributed by atoms with Crippen molar-refractivity contribution in [3.8, 4) is 11.8 Å². The van der Waals surface area contributed by atoms with Crippen LogP contribution in [0.4, 0.5) is 5.69 Å². The Morgan fingerprint density at radius 2 is 1.95 bits per heavy atom. The van der Waals surface area contributed by atoms with E-state index in [1.807, 2.05) is 0 Å². The maximum atomic E-state index is 10.8. The number of nitro benzene ring substituents is 1. The summed E-state index contributed by atoms with van der Waals surface area (Å²) in [5, 5.41) is 19.6. The van der Waals surface area contributed by atoms with Crippen LogP contribution < -0.4 is 4.74 Å². The van der Waals surface area contributed by atoms with Crippen LogP contribution in [0, 0.1) is 10.1 Å². The standard InChI is InChI=1S/C11H5Br2N3O5/c12-6-3-5(16(19)20)4-7(13)9(6)21-11-14-2-1-8(15-11)10(17)18/h1-4H,(H,17,18). The molecule has 0 unspecified atom stereocenters. The second kappa shape index (κ2) is 6.14. The summed E-state index contributed by atoms with van der Waals surface area (Å²) in [6, 6.07) is 3.53. The van der Waals surface area contributed by atoms with E-state index in [9.17, 15) is 14.9 Å². The highest BCUT2D eigenvalue weighted by molar-refractivity contribution is 9.11. The average molecular weight is 419 g/mol. The Hall–Kier alpha value is -2.07. The van der Waals surface area contributed by atoms with Gasteiger partial charge in [0.05, 0.1) is 13.9 Å². The first kappa shape index (κ1) is 15.3. The van der Waals surface area contributed by atoms with Crippen molar-refractivity contribution in [3.05, 3.63) is 49.1 Å². The minimum Gasteiger partial charge on any atom is -0.477 e. The van der Waals surface area contributed by atoms with E-state index in [0.717, 1.165) is 0 Å². The quantitative estimate of drug-likeness (QED) is 0.597. The maximum absolute atomic E-state index is 10.8. The summed E-state index contributed by atoms with van der Waals surface area (Å²) in [4.78, 5) is 28.5. The normalized spacial score (nSPS) is 10.2. The van der Waals surface area contributed by atoms with E-state index in [1.54, 1.807) is 0 Å². The van der Waals surface area contributed by atoms with Crippen molar-refractivity contribution < 1.29 is 19.6 Å². The van der Waals surface area contributed by atoms with E-state index in [-0.39, 0.29) is 23.1 Å². The molecule has 1 heterocycles. The zero-order valence-corrected chi connectivity index (χ0v) is 13.2. The Labute approximate surface area is 134 Å². The van der Waals surface area contributed by atoms with E-state index in [1.165, 1.54) is 24.4 Å². The van der Waals surface area contributed by atoms with E-state index in [0.29, 0.717) is 8.95 Å². The second-order valence-electron chi connectivity index (χ2n) is 3.63. The van der Waals surface area contributed by atoms with E-state index >= 15 is 0 Å². The molecule has 1 aromatic heterocycles. The fourth-order valence-corrected chi connectivity index (χ4v) is 2.67. The Morgan fingerprint density at radius 3 is 2.48 bits per heavy atom. The first-order valence-electron chi connectivity index (χ1n) is 5.26. The molecule has 21 heavy (non-hydrogen) atoms. The number of nitro groups is 1. The number of rotatable bonds is 4. The predicted molar refractivity (Wildman–Crippen MR) is 77.6 cm³/mol. The Morgan fingerprint density at radius 1 is 1.33 bits per heavy atom. The van der Waals surface area contributed by atoms with Gasteiger partial charge in [-0.1, -0.05) is 0 Å². The molecule has 1 N–H and O–H groups in total. The monoisotopic (exact) mass is 417 g/mol. The summed E-state index contributed by atoms with van der Waals surface area (Å²) in [5.74, 6) is -1.02. The SMILES string of the molecule is O=C(O)c1ccnc(Oc2c(Br)cc([N+](=O)[O-])cc2Br)n1. The van der Waals surface area contributed by atoms with Crippen LogP contribution in [0.25, 0.3) is 0 Å². The lowest BCUT2D eigenvalue weighted by Crippen LogP contribution is -2.03. The summed E-state index contributed by atoms with van der Waals surface area (Å²) < 4.78 is 5.96. The van der Waals surface area contributed by atoms with Gasteiger partial charge in [0.1, 0.15) is 0 Å². The highest BCUT2D eigenvalue weighted by Gasteiger charge is 2.17. The highest BCUT2D eigenvalue weighted by atomic mass is 79.9. The molecule has 10 heteroatoms. The predicted octanol–water partition coefficient (Wildman–Crippen LogP) is 3.40. The van der Waals surface area contributed by atoms with Gasteiger partial charge in [-0.15, -0.1) is 0 Å². The zero-order chi connectivity index (χ0) is 15.6. The number of carboxylic acid groups (broad SMARTS) is 1. The topological polar surface area (TPSA) is 115 Å². The number of hydrogen-bond donors (Lipinski definition) is 1. The third kappa shape index (κ3) is 3.52. The van der Waals surface area contributed by atoms with Crippen LogP contribution in [-0.2, 0) is 0 Å². The van der Waals surface area contributed by atoms with Crippen molar-refractivity contribution in [2.75, 3.05) is 0 Å². The molecule has 0 saturated carbocycles. The first-order chi connectivity index (χ1) is 9.88. The van der Waals surface area contributed by atoms with Gasteiger partial charge in [-0.25, -0.2) is 9.78 Å². The highest BCUT2D eigenvalue weighted by Crippen LogP contribution is 2.38. The van der Waals surface area contributed by atoms with Gasteiger partial charge in [0.25, 0.3) is 5.69 Å². The van der Waals surface area contributed by atoms with Crippen molar-refractivity contribution >= 4 is 43.5 Å². The molecule has 0 saturated heterocycles. The molecule has 2 rings (SSSR count). The number of aromatic carboxylic acids is 1. The van der Waals surface area contributed by atoms with Crippen LogP contribution in [0.3, 0.4) is 0 Å². The van der Waals surface area contributed by atoms with E-state index in [4.69, 9.17) is 9.84 Å². The van der Waals surface area contributed by atoms with Gasteiger partial charge in [0.2, 0.25) is 0 Å². The number of halogens is 2. The molecule has 2 aromatic rings. The molecule has 0 atom stereocenters. The van der Waals surface area contributed by atoms with Gasteiger partial charge < -0.3 is 9.84 Å². The lowest BCUT2D eigenvalue weighted by atomic mass is 10.3. The van der Waals surface area contributed by atoms with Crippen LogP contribution in [0.15, 0.2) is 33.3 Å². The molecule has 0 radical (unpaired) electrons. The van der Waals surface area contributed by atoms with Crippen LogP contribution in [0.2, 0.25) is 0 Å². The van der Waals surface area contributed by atoms with Gasteiger partial charge in [0.15, 0.2) is 11.4 Å². The van der Waals surface area contributed by atoms with Gasteiger partial charge in [0, 0.05) is 18.3 Å². The summed E-state index contributed by atoms with van der Waals surface area (Å²) >= 11 is 6.28. The summed E-state index contributed by atoms with van der Waals surface area (Å²) in [6.45, 7) is 0. The molecule has 0 fully saturated rings. The zero-order valence-electron chi connectivity index (χ0n) is 9.99. The first-order valence-corrected chi connectivity index (χ1v) is 6.84. The number of hydrogen-bond acceptors (Lipinski definition) is 6. The van der Waals surface area contributed by atoms with Crippen molar-refractivity contribution in [1.82, 2.24) is 9.97 Å². The number of non-ortho nitro benzene ring substituents is 1. The molecule has 0 aliphatic heterocycles. The van der Waals surface area contributed by atoms with Gasteiger partial charge >= 0.3 is 12.0 Å². The van der Waals surface area contributed by atoms with Crippen molar-refractivity contribution in [3.63, 3.8) is 0 Å². The van der Waals surface area contributed by atoms with E-state index in [2.05, 4.69) is 41.8 Å². The molecule has 0 aliphatic rings. The number of aromatic nitrogens is 2. The lowest BCUT2D eigenvalue weighted by molar-refractivity contribution is -0.385. The number of nitrogens with zero attached hydrogens (tertiary/aromatic N) is 3. The van der Waals surface area contributed by atoms with Gasteiger partial charge in [-0.05, 0) is 37.9 Å². The minimum absolute atomic E-state index is 0.138. The maximum Gasteiger partial charge on any atom is 0.354 e. The number of carbonyl (C=O) groups is 1.